The number of carbonyl (C=O) groups excluding carboxylic acids is 1. The Hall–Kier alpha value is -1.69. The SMILES string of the molecule is CCCC(C)(C)NC(=O)c1cnc(NN)cn1. The summed E-state index contributed by atoms with van der Waals surface area (Å²) in [5.41, 5.74) is 2.40. The largest absolute Gasteiger partial charge is 0.346 e. The Balaban J connectivity index is 2.69. The van der Waals surface area contributed by atoms with Gasteiger partial charge >= 0.3 is 0 Å². The zero-order valence-electron chi connectivity index (χ0n) is 10.4. The van der Waals surface area contributed by atoms with Gasteiger partial charge in [0, 0.05) is 5.54 Å². The third kappa shape index (κ3) is 3.99. The first-order chi connectivity index (χ1) is 7.98. The van der Waals surface area contributed by atoms with Gasteiger partial charge in [-0.15, -0.1) is 0 Å². The number of hydrogen-bond acceptors (Lipinski definition) is 5. The molecule has 0 atom stereocenters. The third-order valence-electron chi connectivity index (χ3n) is 2.36. The van der Waals surface area contributed by atoms with Gasteiger partial charge in [-0.3, -0.25) is 4.79 Å². The van der Waals surface area contributed by atoms with Crippen molar-refractivity contribution in [1.29, 1.82) is 0 Å². The summed E-state index contributed by atoms with van der Waals surface area (Å²) < 4.78 is 0. The zero-order valence-corrected chi connectivity index (χ0v) is 10.4. The molecule has 0 bridgehead atoms. The molecule has 0 aromatic carbocycles. The summed E-state index contributed by atoms with van der Waals surface area (Å²) in [6.07, 6.45) is 4.73. The van der Waals surface area contributed by atoms with E-state index in [-0.39, 0.29) is 17.1 Å². The maximum absolute atomic E-state index is 11.9. The van der Waals surface area contributed by atoms with Crippen molar-refractivity contribution in [2.24, 2.45) is 5.84 Å². The van der Waals surface area contributed by atoms with Crippen LogP contribution in [0.3, 0.4) is 0 Å². The monoisotopic (exact) mass is 237 g/mol. The number of nitrogen functional groups attached to an aromatic ring is 1. The molecule has 0 unspecified atom stereocenters. The fourth-order valence-corrected chi connectivity index (χ4v) is 1.58. The van der Waals surface area contributed by atoms with E-state index in [4.69, 9.17) is 5.84 Å². The first-order valence-corrected chi connectivity index (χ1v) is 5.59. The molecule has 0 saturated heterocycles. The fourth-order valence-electron chi connectivity index (χ4n) is 1.58. The number of rotatable bonds is 5. The molecule has 0 aliphatic heterocycles. The van der Waals surface area contributed by atoms with E-state index >= 15 is 0 Å². The summed E-state index contributed by atoms with van der Waals surface area (Å²) in [5.74, 6) is 5.37. The number of hydrogen-bond donors (Lipinski definition) is 3. The quantitative estimate of drug-likeness (QED) is 0.526. The van der Waals surface area contributed by atoms with Crippen LogP contribution < -0.4 is 16.6 Å². The number of nitrogens with one attached hydrogen (secondary N) is 2. The topological polar surface area (TPSA) is 92.9 Å². The van der Waals surface area contributed by atoms with Gasteiger partial charge in [0.2, 0.25) is 0 Å². The maximum atomic E-state index is 11.9. The molecule has 0 aliphatic rings. The predicted molar refractivity (Wildman–Crippen MR) is 66.3 cm³/mol. The van der Waals surface area contributed by atoms with Gasteiger partial charge in [-0.05, 0) is 20.3 Å². The van der Waals surface area contributed by atoms with Gasteiger partial charge in [0.15, 0.2) is 5.82 Å². The van der Waals surface area contributed by atoms with Gasteiger partial charge in [0.1, 0.15) is 5.69 Å². The lowest BCUT2D eigenvalue weighted by Gasteiger charge is -2.25. The van der Waals surface area contributed by atoms with E-state index in [1.165, 1.54) is 12.4 Å². The van der Waals surface area contributed by atoms with E-state index in [9.17, 15) is 4.79 Å². The summed E-state index contributed by atoms with van der Waals surface area (Å²) in [7, 11) is 0. The van der Waals surface area contributed by atoms with E-state index in [1.54, 1.807) is 0 Å². The highest BCUT2D eigenvalue weighted by Crippen LogP contribution is 2.11. The molecule has 6 nitrogen and oxygen atoms in total. The number of aromatic nitrogens is 2. The highest BCUT2D eigenvalue weighted by Gasteiger charge is 2.20. The molecule has 0 spiro atoms. The number of nitrogens with zero attached hydrogens (tertiary/aromatic N) is 2. The van der Waals surface area contributed by atoms with Crippen LogP contribution in [0, 0.1) is 0 Å². The molecule has 1 aromatic heterocycles. The van der Waals surface area contributed by atoms with Gasteiger partial charge in [0.25, 0.3) is 5.91 Å². The maximum Gasteiger partial charge on any atom is 0.271 e. The first-order valence-electron chi connectivity index (χ1n) is 5.59. The summed E-state index contributed by atoms with van der Waals surface area (Å²) >= 11 is 0. The summed E-state index contributed by atoms with van der Waals surface area (Å²) in [5, 5.41) is 2.92. The van der Waals surface area contributed by atoms with Crippen LogP contribution in [0.4, 0.5) is 5.82 Å². The van der Waals surface area contributed by atoms with Crippen molar-refractivity contribution in [1.82, 2.24) is 15.3 Å². The van der Waals surface area contributed by atoms with Crippen molar-refractivity contribution in [2.45, 2.75) is 39.2 Å². The summed E-state index contributed by atoms with van der Waals surface area (Å²) in [6, 6.07) is 0. The number of anilines is 1. The third-order valence-corrected chi connectivity index (χ3v) is 2.36. The second-order valence-electron chi connectivity index (χ2n) is 4.52. The normalized spacial score (nSPS) is 11.1. The van der Waals surface area contributed by atoms with Crippen molar-refractivity contribution in [2.75, 3.05) is 5.43 Å². The first kappa shape index (κ1) is 13.4. The molecule has 4 N–H and O–H groups in total. The van der Waals surface area contributed by atoms with E-state index in [2.05, 4.69) is 27.6 Å². The molecule has 1 rings (SSSR count). The van der Waals surface area contributed by atoms with Crippen LogP contribution in [-0.2, 0) is 0 Å². The van der Waals surface area contributed by atoms with E-state index < -0.39 is 0 Å². The second-order valence-corrected chi connectivity index (χ2v) is 4.52. The van der Waals surface area contributed by atoms with Gasteiger partial charge in [-0.2, -0.15) is 0 Å². The number of amides is 1. The Kier molecular flexibility index (Phi) is 4.39. The molecule has 6 heteroatoms. The molecule has 0 fully saturated rings. The lowest BCUT2D eigenvalue weighted by atomic mass is 9.99. The Morgan fingerprint density at radius 2 is 2.12 bits per heavy atom. The zero-order chi connectivity index (χ0) is 12.9. The molecular formula is C11H19N5O. The summed E-state index contributed by atoms with van der Waals surface area (Å²) in [4.78, 5) is 19.8. The van der Waals surface area contributed by atoms with Gasteiger partial charge < -0.3 is 10.7 Å². The van der Waals surface area contributed by atoms with Crippen molar-refractivity contribution >= 4 is 11.7 Å². The average molecular weight is 237 g/mol. The van der Waals surface area contributed by atoms with Crippen LogP contribution in [0.25, 0.3) is 0 Å². The highest BCUT2D eigenvalue weighted by molar-refractivity contribution is 5.92. The minimum Gasteiger partial charge on any atom is -0.346 e. The standard InChI is InChI=1S/C11H19N5O/c1-4-5-11(2,3)15-10(17)8-6-14-9(16-12)7-13-8/h6-7H,4-5,12H2,1-3H3,(H,14,16)(H,15,17). The number of hydrazine groups is 1. The molecule has 94 valence electrons. The Morgan fingerprint density at radius 3 is 2.59 bits per heavy atom. The lowest BCUT2D eigenvalue weighted by molar-refractivity contribution is 0.0903. The minimum atomic E-state index is -0.238. The summed E-state index contributed by atoms with van der Waals surface area (Å²) in [6.45, 7) is 6.05. The van der Waals surface area contributed by atoms with Crippen molar-refractivity contribution in [3.63, 3.8) is 0 Å². The van der Waals surface area contributed by atoms with Crippen LogP contribution >= 0.6 is 0 Å². The van der Waals surface area contributed by atoms with E-state index in [0.29, 0.717) is 5.82 Å². The van der Waals surface area contributed by atoms with E-state index in [1.807, 2.05) is 13.8 Å². The molecule has 0 saturated carbocycles. The van der Waals surface area contributed by atoms with Crippen molar-refractivity contribution in [3.8, 4) is 0 Å². The Bertz CT molecular complexity index is 374. The van der Waals surface area contributed by atoms with Crippen LogP contribution in [0.1, 0.15) is 44.1 Å². The minimum absolute atomic E-state index is 0.223. The molecule has 0 aliphatic carbocycles. The fraction of sp³-hybridized carbons (Fsp3) is 0.545. The van der Waals surface area contributed by atoms with Crippen molar-refractivity contribution in [3.05, 3.63) is 18.1 Å². The molecule has 1 heterocycles. The van der Waals surface area contributed by atoms with Crippen LogP contribution in [0.5, 0.6) is 0 Å². The molecule has 1 amide bonds. The van der Waals surface area contributed by atoms with Crippen LogP contribution in [-0.4, -0.2) is 21.4 Å². The van der Waals surface area contributed by atoms with Crippen LogP contribution in [0.2, 0.25) is 0 Å². The van der Waals surface area contributed by atoms with Gasteiger partial charge in [-0.1, -0.05) is 13.3 Å². The molecule has 1 aromatic rings. The molecule has 0 radical (unpaired) electrons. The Labute approximate surface area is 101 Å². The van der Waals surface area contributed by atoms with E-state index in [0.717, 1.165) is 12.8 Å². The predicted octanol–water partition coefficient (Wildman–Crippen LogP) is 1.07. The van der Waals surface area contributed by atoms with Crippen molar-refractivity contribution < 1.29 is 4.79 Å². The Morgan fingerprint density at radius 1 is 1.41 bits per heavy atom. The average Bonchev–Trinajstić information content (AvgIpc) is 2.28. The van der Waals surface area contributed by atoms with Gasteiger partial charge in [0.05, 0.1) is 12.4 Å². The second kappa shape index (κ2) is 5.58. The number of carbonyl (C=O) groups is 1. The molecule has 17 heavy (non-hydrogen) atoms. The highest BCUT2D eigenvalue weighted by atomic mass is 16.2. The smallest absolute Gasteiger partial charge is 0.271 e. The van der Waals surface area contributed by atoms with Crippen LogP contribution in [0.15, 0.2) is 12.4 Å². The number of nitrogens with two attached hydrogens (primary N) is 1. The lowest BCUT2D eigenvalue weighted by Crippen LogP contribution is -2.43. The molecular weight excluding hydrogens is 218 g/mol. The van der Waals surface area contributed by atoms with Gasteiger partial charge in [-0.25, -0.2) is 15.8 Å².